The van der Waals surface area contributed by atoms with Crippen molar-refractivity contribution >= 4 is 32.4 Å². The van der Waals surface area contributed by atoms with E-state index in [9.17, 15) is 13.2 Å². The molecule has 0 aliphatic rings. The Morgan fingerprint density at radius 3 is 2.24 bits per heavy atom. The van der Waals surface area contributed by atoms with Crippen LogP contribution in [0, 0.1) is 6.92 Å². The molecule has 2 N–H and O–H groups in total. The van der Waals surface area contributed by atoms with Gasteiger partial charge in [-0.2, -0.15) is 4.72 Å². The fraction of sp³-hybridized carbons (Fsp3) is 0.120. The van der Waals surface area contributed by atoms with Crippen molar-refractivity contribution in [2.75, 3.05) is 5.32 Å². The number of anilines is 1. The quantitative estimate of drug-likeness (QED) is 0.387. The molecule has 0 saturated carbocycles. The van der Waals surface area contributed by atoms with Gasteiger partial charge in [0, 0.05) is 10.9 Å². The maximum Gasteiger partial charge on any atom is 0.244 e. The van der Waals surface area contributed by atoms with Gasteiger partial charge in [-0.1, -0.05) is 78.4 Å². The molecule has 4 aromatic rings. The zero-order valence-electron chi connectivity index (χ0n) is 17.9. The first-order valence-electron chi connectivity index (χ1n) is 10.4. The van der Waals surface area contributed by atoms with E-state index in [0.717, 1.165) is 22.4 Å². The van der Waals surface area contributed by atoms with Crippen molar-refractivity contribution in [3.05, 3.63) is 101 Å². The predicted molar refractivity (Wildman–Crippen MR) is 132 cm³/mol. The van der Waals surface area contributed by atoms with E-state index in [1.807, 2.05) is 73.0 Å². The highest BCUT2D eigenvalue weighted by molar-refractivity contribution is 7.89. The average molecular weight is 478 g/mol. The van der Waals surface area contributed by atoms with Gasteiger partial charge in [-0.05, 0) is 31.0 Å². The molecule has 168 valence electrons. The van der Waals surface area contributed by atoms with Gasteiger partial charge in [0.05, 0.1) is 10.6 Å². The van der Waals surface area contributed by atoms with Crippen molar-refractivity contribution in [3.8, 4) is 11.3 Å². The van der Waals surface area contributed by atoms with Crippen molar-refractivity contribution in [2.45, 2.75) is 24.3 Å². The molecule has 0 bridgehead atoms. The Labute approximate surface area is 197 Å². The van der Waals surface area contributed by atoms with E-state index in [1.54, 1.807) is 12.1 Å². The van der Waals surface area contributed by atoms with E-state index < -0.39 is 22.0 Å². The van der Waals surface area contributed by atoms with Gasteiger partial charge in [-0.3, -0.25) is 4.79 Å². The maximum atomic E-state index is 13.2. The number of carbonyl (C=O) groups excluding carboxylic acids is 1. The normalized spacial score (nSPS) is 12.3. The lowest BCUT2D eigenvalue weighted by Crippen LogP contribution is -2.45. The minimum absolute atomic E-state index is 0.111. The second-order valence-corrected chi connectivity index (χ2v) is 10.1. The van der Waals surface area contributed by atoms with Crippen LogP contribution < -0.4 is 10.0 Å². The lowest BCUT2D eigenvalue weighted by atomic mass is 10.1. The summed E-state index contributed by atoms with van der Waals surface area (Å²) in [6.45, 7) is 1.88. The monoisotopic (exact) mass is 477 g/mol. The van der Waals surface area contributed by atoms with Gasteiger partial charge in [0.2, 0.25) is 15.9 Å². The number of aryl methyl sites for hydroxylation is 1. The van der Waals surface area contributed by atoms with E-state index >= 15 is 0 Å². The van der Waals surface area contributed by atoms with Crippen molar-refractivity contribution in [1.82, 2.24) is 9.71 Å². The number of nitrogens with zero attached hydrogens (tertiary/aromatic N) is 1. The number of thiazole rings is 1. The summed E-state index contributed by atoms with van der Waals surface area (Å²) in [5.74, 6) is -0.469. The third kappa shape index (κ3) is 5.92. The maximum absolute atomic E-state index is 13.2. The summed E-state index contributed by atoms with van der Waals surface area (Å²) in [6, 6.07) is 24.4. The number of carbonyl (C=O) groups is 1. The average Bonchev–Trinajstić information content (AvgIpc) is 3.28. The number of rotatable bonds is 8. The summed E-state index contributed by atoms with van der Waals surface area (Å²) in [5.41, 5.74) is 3.48. The SMILES string of the molecule is Cc1ccc(S(=O)(=O)NC(Cc2ccccc2)C(=O)Nc2nc(-c3ccccc3)cs2)cc1. The van der Waals surface area contributed by atoms with Gasteiger partial charge in [-0.25, -0.2) is 13.4 Å². The van der Waals surface area contributed by atoms with Crippen LogP contribution in [0.4, 0.5) is 5.13 Å². The molecule has 3 aromatic carbocycles. The molecule has 1 amide bonds. The number of nitrogens with one attached hydrogen (secondary N) is 2. The molecule has 1 aromatic heterocycles. The molecule has 0 aliphatic heterocycles. The molecule has 0 spiro atoms. The predicted octanol–water partition coefficient (Wildman–Crippen LogP) is 4.65. The second kappa shape index (κ2) is 10.1. The van der Waals surface area contributed by atoms with Gasteiger partial charge in [0.15, 0.2) is 5.13 Å². The van der Waals surface area contributed by atoms with Crippen molar-refractivity contribution < 1.29 is 13.2 Å². The number of aromatic nitrogens is 1. The van der Waals surface area contributed by atoms with Gasteiger partial charge >= 0.3 is 0 Å². The molecule has 6 nitrogen and oxygen atoms in total. The van der Waals surface area contributed by atoms with Gasteiger partial charge in [0.25, 0.3) is 0 Å². The highest BCUT2D eigenvalue weighted by atomic mass is 32.2. The van der Waals surface area contributed by atoms with E-state index in [1.165, 1.54) is 23.5 Å². The zero-order valence-corrected chi connectivity index (χ0v) is 19.6. The van der Waals surface area contributed by atoms with Gasteiger partial charge in [-0.15, -0.1) is 11.3 Å². The number of benzene rings is 3. The van der Waals surface area contributed by atoms with Crippen LogP contribution in [-0.4, -0.2) is 25.4 Å². The summed E-state index contributed by atoms with van der Waals surface area (Å²) in [5, 5.41) is 5.04. The molecular formula is C25H23N3O3S2. The number of amides is 1. The molecule has 0 fully saturated rings. The summed E-state index contributed by atoms with van der Waals surface area (Å²) in [6.07, 6.45) is 0.203. The fourth-order valence-corrected chi connectivity index (χ4v) is 5.19. The first kappa shape index (κ1) is 22.8. The highest BCUT2D eigenvalue weighted by Crippen LogP contribution is 2.25. The van der Waals surface area contributed by atoms with Gasteiger partial charge in [0.1, 0.15) is 6.04 Å². The highest BCUT2D eigenvalue weighted by Gasteiger charge is 2.27. The van der Waals surface area contributed by atoms with Gasteiger partial charge < -0.3 is 5.32 Å². The molecule has 1 heterocycles. The van der Waals surface area contributed by atoms with Crippen LogP contribution in [0.1, 0.15) is 11.1 Å². The fourth-order valence-electron chi connectivity index (χ4n) is 3.28. The van der Waals surface area contributed by atoms with Crippen LogP contribution in [0.15, 0.2) is 95.2 Å². The minimum atomic E-state index is -3.90. The summed E-state index contributed by atoms with van der Waals surface area (Å²) < 4.78 is 28.5. The second-order valence-electron chi connectivity index (χ2n) is 7.57. The molecule has 1 unspecified atom stereocenters. The molecule has 0 radical (unpaired) electrons. The van der Waals surface area contributed by atoms with Crippen LogP contribution in [-0.2, 0) is 21.2 Å². The van der Waals surface area contributed by atoms with Crippen LogP contribution >= 0.6 is 11.3 Å². The number of hydrogen-bond donors (Lipinski definition) is 2. The van der Waals surface area contributed by atoms with Crippen molar-refractivity contribution in [2.24, 2.45) is 0 Å². The smallest absolute Gasteiger partial charge is 0.244 e. The van der Waals surface area contributed by atoms with E-state index in [-0.39, 0.29) is 11.3 Å². The lowest BCUT2D eigenvalue weighted by Gasteiger charge is -2.18. The largest absolute Gasteiger partial charge is 0.301 e. The van der Waals surface area contributed by atoms with E-state index in [2.05, 4.69) is 15.0 Å². The molecule has 4 rings (SSSR count). The third-order valence-corrected chi connectivity index (χ3v) is 7.28. The van der Waals surface area contributed by atoms with Crippen LogP contribution in [0.2, 0.25) is 0 Å². The summed E-state index contributed by atoms with van der Waals surface area (Å²) in [7, 11) is -3.90. The third-order valence-electron chi connectivity index (χ3n) is 5.03. The minimum Gasteiger partial charge on any atom is -0.301 e. The zero-order chi connectivity index (χ0) is 23.3. The molecule has 0 saturated heterocycles. The summed E-state index contributed by atoms with van der Waals surface area (Å²) in [4.78, 5) is 17.7. The molecule has 33 heavy (non-hydrogen) atoms. The Morgan fingerprint density at radius 2 is 1.58 bits per heavy atom. The van der Waals surface area contributed by atoms with Crippen molar-refractivity contribution in [1.29, 1.82) is 0 Å². The lowest BCUT2D eigenvalue weighted by molar-refractivity contribution is -0.117. The summed E-state index contributed by atoms with van der Waals surface area (Å²) >= 11 is 1.29. The van der Waals surface area contributed by atoms with E-state index in [4.69, 9.17) is 0 Å². The molecular weight excluding hydrogens is 454 g/mol. The first-order chi connectivity index (χ1) is 15.9. The van der Waals surface area contributed by atoms with E-state index in [0.29, 0.717) is 5.13 Å². The Hall–Kier alpha value is -3.33. The van der Waals surface area contributed by atoms with Crippen LogP contribution in [0.25, 0.3) is 11.3 Å². The van der Waals surface area contributed by atoms with Crippen molar-refractivity contribution in [3.63, 3.8) is 0 Å². The standard InChI is InChI=1S/C25H23N3O3S2/c1-18-12-14-21(15-13-18)33(30,31)28-22(16-19-8-4-2-5-9-19)24(29)27-25-26-23(17-32-25)20-10-6-3-7-11-20/h2-15,17,22,28H,16H2,1H3,(H,26,27,29). The Morgan fingerprint density at radius 1 is 0.939 bits per heavy atom. The number of sulfonamides is 1. The van der Waals surface area contributed by atoms with Crippen LogP contribution in [0.3, 0.4) is 0 Å². The molecule has 1 atom stereocenters. The molecule has 0 aliphatic carbocycles. The Bertz CT molecular complexity index is 1320. The number of hydrogen-bond acceptors (Lipinski definition) is 5. The topological polar surface area (TPSA) is 88.2 Å². The van der Waals surface area contributed by atoms with Crippen LogP contribution in [0.5, 0.6) is 0 Å². The Balaban J connectivity index is 1.56. The molecule has 8 heteroatoms. The Kier molecular flexibility index (Phi) is 6.98. The first-order valence-corrected chi connectivity index (χ1v) is 12.7.